The molecule has 2 heteroatoms. The molecule has 1 aromatic rings. The lowest BCUT2D eigenvalue weighted by atomic mass is 9.88. The first-order valence-corrected chi connectivity index (χ1v) is 4.75. The van der Waals surface area contributed by atoms with E-state index in [1.54, 1.807) is 0 Å². The number of rotatable bonds is 1. The monoisotopic (exact) mass is 194 g/mol. The number of aliphatic hydroxyl groups is 1. The summed E-state index contributed by atoms with van der Waals surface area (Å²) >= 11 is 5.76. The lowest BCUT2D eigenvalue weighted by molar-refractivity contribution is 0.137. The van der Waals surface area contributed by atoms with Gasteiger partial charge in [0.05, 0.1) is 6.10 Å². The van der Waals surface area contributed by atoms with Crippen molar-refractivity contribution in [2.24, 2.45) is 0 Å². The zero-order valence-electron chi connectivity index (χ0n) is 7.20. The summed E-state index contributed by atoms with van der Waals surface area (Å²) in [6.07, 6.45) is 3.65. The second-order valence-corrected chi connectivity index (χ2v) is 3.85. The maximum Gasteiger partial charge on any atom is 0.0614 e. The molecule has 1 N–H and O–H groups in total. The van der Waals surface area contributed by atoms with Gasteiger partial charge in [0, 0.05) is 5.02 Å². The Morgan fingerprint density at radius 3 is 2.38 bits per heavy atom. The summed E-state index contributed by atoms with van der Waals surface area (Å²) in [5, 5.41) is 9.84. The van der Waals surface area contributed by atoms with Gasteiger partial charge in [-0.25, -0.2) is 0 Å². The highest BCUT2D eigenvalue weighted by molar-refractivity contribution is 6.30. The predicted octanol–water partition coefficient (Wildman–Crippen LogP) is 2.88. The van der Waals surface area contributed by atoms with Crippen LogP contribution in [0.3, 0.4) is 0 Å². The normalized spacial score (nSPS) is 21.1. The molecule has 13 heavy (non-hydrogen) atoms. The van der Waals surface area contributed by atoms with Crippen molar-refractivity contribution in [2.45, 2.75) is 18.9 Å². The van der Waals surface area contributed by atoms with Crippen molar-refractivity contribution in [3.05, 3.63) is 40.4 Å². The van der Waals surface area contributed by atoms with Crippen LogP contribution in [0.4, 0.5) is 0 Å². The Balaban J connectivity index is 2.10. The van der Waals surface area contributed by atoms with Gasteiger partial charge in [-0.2, -0.15) is 0 Å². The summed E-state index contributed by atoms with van der Waals surface area (Å²) in [6.45, 7) is 0. The largest absolute Gasteiger partial charge is 0.392 e. The standard InChI is InChI=1S/C11H11ClO/c12-10-3-1-8(2-4-10)5-9-6-11(13)7-9/h1-5,11,13H,6-7H2. The fourth-order valence-electron chi connectivity index (χ4n) is 1.46. The lowest BCUT2D eigenvalue weighted by Gasteiger charge is -2.23. The van der Waals surface area contributed by atoms with Crippen LogP contribution in [-0.2, 0) is 0 Å². The van der Waals surface area contributed by atoms with Crippen molar-refractivity contribution >= 4 is 17.7 Å². The molecule has 1 fully saturated rings. The van der Waals surface area contributed by atoms with E-state index >= 15 is 0 Å². The second kappa shape index (κ2) is 3.52. The average molecular weight is 195 g/mol. The highest BCUT2D eigenvalue weighted by Gasteiger charge is 2.19. The van der Waals surface area contributed by atoms with E-state index in [-0.39, 0.29) is 6.10 Å². The molecule has 0 spiro atoms. The molecule has 0 aromatic heterocycles. The first kappa shape index (κ1) is 8.79. The smallest absolute Gasteiger partial charge is 0.0614 e. The first-order valence-electron chi connectivity index (χ1n) is 4.37. The van der Waals surface area contributed by atoms with Gasteiger partial charge < -0.3 is 5.11 Å². The predicted molar refractivity (Wildman–Crippen MR) is 54.7 cm³/mol. The molecule has 68 valence electrons. The molecule has 0 heterocycles. The number of aliphatic hydroxyl groups excluding tert-OH is 1. The fraction of sp³-hybridized carbons (Fsp3) is 0.273. The summed E-state index contributed by atoms with van der Waals surface area (Å²) in [5.74, 6) is 0. The van der Waals surface area contributed by atoms with Crippen molar-refractivity contribution in [3.63, 3.8) is 0 Å². The molecule has 1 aliphatic carbocycles. The maximum absolute atomic E-state index is 9.08. The van der Waals surface area contributed by atoms with Gasteiger partial charge in [-0.15, -0.1) is 0 Å². The van der Waals surface area contributed by atoms with E-state index in [0.717, 1.165) is 23.4 Å². The van der Waals surface area contributed by atoms with Crippen LogP contribution < -0.4 is 0 Å². The van der Waals surface area contributed by atoms with E-state index in [0.29, 0.717) is 0 Å². The molecule has 0 unspecified atom stereocenters. The Morgan fingerprint density at radius 1 is 1.23 bits per heavy atom. The van der Waals surface area contributed by atoms with Gasteiger partial charge in [0.1, 0.15) is 0 Å². The molecule has 0 radical (unpaired) electrons. The van der Waals surface area contributed by atoms with Gasteiger partial charge in [-0.3, -0.25) is 0 Å². The third-order valence-electron chi connectivity index (χ3n) is 2.24. The topological polar surface area (TPSA) is 20.2 Å². The van der Waals surface area contributed by atoms with Crippen LogP contribution in [0.15, 0.2) is 29.8 Å². The Hall–Kier alpha value is -0.790. The van der Waals surface area contributed by atoms with Gasteiger partial charge in [0.15, 0.2) is 0 Å². The molecule has 0 amide bonds. The number of hydrogen-bond acceptors (Lipinski definition) is 1. The van der Waals surface area contributed by atoms with Crippen molar-refractivity contribution < 1.29 is 5.11 Å². The van der Waals surface area contributed by atoms with Crippen LogP contribution >= 0.6 is 11.6 Å². The molecule has 0 saturated heterocycles. The molecule has 1 saturated carbocycles. The van der Waals surface area contributed by atoms with E-state index in [9.17, 15) is 0 Å². The average Bonchev–Trinajstić information content (AvgIpc) is 2.06. The lowest BCUT2D eigenvalue weighted by Crippen LogP contribution is -2.19. The van der Waals surface area contributed by atoms with Gasteiger partial charge in [0.2, 0.25) is 0 Å². The van der Waals surface area contributed by atoms with E-state index in [4.69, 9.17) is 16.7 Å². The highest BCUT2D eigenvalue weighted by atomic mass is 35.5. The number of halogens is 1. The van der Waals surface area contributed by atoms with Crippen molar-refractivity contribution in [1.29, 1.82) is 0 Å². The third-order valence-corrected chi connectivity index (χ3v) is 2.49. The summed E-state index contributed by atoms with van der Waals surface area (Å²) < 4.78 is 0. The summed E-state index contributed by atoms with van der Waals surface area (Å²) in [6, 6.07) is 7.73. The molecule has 0 aliphatic heterocycles. The van der Waals surface area contributed by atoms with Crippen LogP contribution in [0, 0.1) is 0 Å². The van der Waals surface area contributed by atoms with Gasteiger partial charge in [-0.1, -0.05) is 35.4 Å². The Kier molecular flexibility index (Phi) is 2.38. The number of hydrogen-bond donors (Lipinski definition) is 1. The van der Waals surface area contributed by atoms with Crippen LogP contribution in [0.1, 0.15) is 18.4 Å². The zero-order chi connectivity index (χ0) is 9.26. The Bertz CT molecular complexity index is 318. The molecule has 1 nitrogen and oxygen atoms in total. The molecule has 2 rings (SSSR count). The molecule has 0 atom stereocenters. The molecule has 0 bridgehead atoms. The summed E-state index contributed by atoms with van der Waals surface area (Å²) in [7, 11) is 0. The molecule has 1 aliphatic rings. The van der Waals surface area contributed by atoms with E-state index < -0.39 is 0 Å². The van der Waals surface area contributed by atoms with Crippen molar-refractivity contribution in [2.75, 3.05) is 0 Å². The van der Waals surface area contributed by atoms with Gasteiger partial charge in [0.25, 0.3) is 0 Å². The Morgan fingerprint density at radius 2 is 1.85 bits per heavy atom. The Labute approximate surface area is 82.7 Å². The van der Waals surface area contributed by atoms with Gasteiger partial charge >= 0.3 is 0 Å². The number of benzene rings is 1. The van der Waals surface area contributed by atoms with Crippen molar-refractivity contribution in [1.82, 2.24) is 0 Å². The SMILES string of the molecule is OC1CC(=Cc2ccc(Cl)cc2)C1. The van der Waals surface area contributed by atoms with Crippen molar-refractivity contribution in [3.8, 4) is 0 Å². The zero-order valence-corrected chi connectivity index (χ0v) is 7.96. The molecular weight excluding hydrogens is 184 g/mol. The van der Waals surface area contributed by atoms with E-state index in [2.05, 4.69) is 6.08 Å². The minimum atomic E-state index is -0.112. The minimum absolute atomic E-state index is 0.112. The van der Waals surface area contributed by atoms with E-state index in [1.165, 1.54) is 5.57 Å². The summed E-state index contributed by atoms with van der Waals surface area (Å²) in [5.41, 5.74) is 2.47. The van der Waals surface area contributed by atoms with Crippen LogP contribution in [0.5, 0.6) is 0 Å². The van der Waals surface area contributed by atoms with Gasteiger partial charge in [-0.05, 0) is 30.5 Å². The molecular formula is C11H11ClO. The highest BCUT2D eigenvalue weighted by Crippen LogP contribution is 2.28. The fourth-order valence-corrected chi connectivity index (χ4v) is 1.58. The summed E-state index contributed by atoms with van der Waals surface area (Å²) in [4.78, 5) is 0. The third kappa shape index (κ3) is 2.11. The second-order valence-electron chi connectivity index (χ2n) is 3.42. The molecule has 1 aromatic carbocycles. The van der Waals surface area contributed by atoms with Crippen LogP contribution in [0.25, 0.3) is 6.08 Å². The van der Waals surface area contributed by atoms with E-state index in [1.807, 2.05) is 24.3 Å². The minimum Gasteiger partial charge on any atom is -0.392 e. The van der Waals surface area contributed by atoms with Crippen LogP contribution in [-0.4, -0.2) is 11.2 Å². The maximum atomic E-state index is 9.08. The first-order chi connectivity index (χ1) is 6.24. The van der Waals surface area contributed by atoms with Crippen LogP contribution in [0.2, 0.25) is 5.02 Å². The quantitative estimate of drug-likeness (QED) is 0.729.